The molecule has 5 nitrogen and oxygen atoms in total. The van der Waals surface area contributed by atoms with Crippen LogP contribution in [0.15, 0.2) is 41.2 Å². The van der Waals surface area contributed by atoms with Gasteiger partial charge < -0.3 is 5.32 Å². The zero-order chi connectivity index (χ0) is 18.7. The minimum absolute atomic E-state index is 0.0455. The van der Waals surface area contributed by atoms with Gasteiger partial charge in [0, 0.05) is 17.7 Å². The second-order valence-electron chi connectivity index (χ2n) is 7.52. The van der Waals surface area contributed by atoms with Gasteiger partial charge in [0.2, 0.25) is 5.91 Å². The summed E-state index contributed by atoms with van der Waals surface area (Å²) in [6.45, 7) is 6.41. The molecule has 0 spiro atoms. The van der Waals surface area contributed by atoms with Crippen LogP contribution in [0.5, 0.6) is 0 Å². The zero-order valence-corrected chi connectivity index (χ0v) is 15.7. The van der Waals surface area contributed by atoms with Gasteiger partial charge in [0.05, 0.1) is 5.69 Å². The molecule has 26 heavy (non-hydrogen) atoms. The number of rotatable bonds is 4. The molecule has 0 bridgehead atoms. The van der Waals surface area contributed by atoms with E-state index < -0.39 is 0 Å². The Hall–Kier alpha value is -2.43. The smallest absolute Gasteiger partial charge is 0.267 e. The first-order valence-electron chi connectivity index (χ1n) is 9.38. The lowest BCUT2D eigenvalue weighted by Crippen LogP contribution is -2.45. The number of carbonyl (C=O) groups is 1. The Balaban J connectivity index is 1.72. The fraction of sp³-hybridized carbons (Fsp3) is 0.476. The topological polar surface area (TPSA) is 64.0 Å². The maximum absolute atomic E-state index is 12.5. The van der Waals surface area contributed by atoms with Gasteiger partial charge in [0.25, 0.3) is 5.56 Å². The largest absolute Gasteiger partial charge is 0.351 e. The number of nitrogens with zero attached hydrogens (tertiary/aromatic N) is 2. The van der Waals surface area contributed by atoms with Gasteiger partial charge in [-0.1, -0.05) is 56.5 Å². The lowest BCUT2D eigenvalue weighted by Gasteiger charge is -2.34. The van der Waals surface area contributed by atoms with Crippen molar-refractivity contribution in [2.24, 2.45) is 11.8 Å². The zero-order valence-electron chi connectivity index (χ0n) is 15.7. The molecule has 1 N–H and O–H groups in total. The van der Waals surface area contributed by atoms with Crippen LogP contribution in [-0.4, -0.2) is 21.7 Å². The van der Waals surface area contributed by atoms with Crippen molar-refractivity contribution in [2.45, 2.75) is 52.6 Å². The van der Waals surface area contributed by atoms with E-state index in [2.05, 4.69) is 24.3 Å². The third kappa shape index (κ3) is 4.21. The SMILES string of the molecule is Cc1ccc(-c2ccc(=O)n(CC(=O)N[C@@H]3CCC[C@H](C)[C@H]3C)n2)cc1. The number of carbonyl (C=O) groups excluding carboxylic acids is 1. The van der Waals surface area contributed by atoms with Crippen LogP contribution in [0, 0.1) is 18.8 Å². The van der Waals surface area contributed by atoms with Gasteiger partial charge >= 0.3 is 0 Å². The highest BCUT2D eigenvalue weighted by Gasteiger charge is 2.28. The Morgan fingerprint density at radius 2 is 1.88 bits per heavy atom. The molecule has 1 aliphatic carbocycles. The Labute approximate surface area is 154 Å². The van der Waals surface area contributed by atoms with Crippen LogP contribution < -0.4 is 10.9 Å². The molecule has 1 fully saturated rings. The Bertz CT molecular complexity index is 826. The summed E-state index contributed by atoms with van der Waals surface area (Å²) in [7, 11) is 0. The molecule has 1 aromatic heterocycles. The van der Waals surface area contributed by atoms with Gasteiger partial charge in [-0.3, -0.25) is 9.59 Å². The molecule has 0 radical (unpaired) electrons. The third-order valence-electron chi connectivity index (χ3n) is 5.56. The van der Waals surface area contributed by atoms with E-state index in [0.717, 1.165) is 24.0 Å². The number of aromatic nitrogens is 2. The molecule has 0 unspecified atom stereocenters. The summed E-state index contributed by atoms with van der Waals surface area (Å²) >= 11 is 0. The summed E-state index contributed by atoms with van der Waals surface area (Å²) in [6.07, 6.45) is 3.35. The monoisotopic (exact) mass is 353 g/mol. The minimum Gasteiger partial charge on any atom is -0.351 e. The minimum atomic E-state index is -0.263. The number of nitrogens with one attached hydrogen (secondary N) is 1. The fourth-order valence-corrected chi connectivity index (χ4v) is 3.61. The van der Waals surface area contributed by atoms with Crippen molar-refractivity contribution in [3.63, 3.8) is 0 Å². The maximum atomic E-state index is 12.5. The van der Waals surface area contributed by atoms with Crippen molar-refractivity contribution in [3.05, 3.63) is 52.3 Å². The number of aryl methyl sites for hydroxylation is 1. The molecule has 0 saturated heterocycles. The molecule has 3 rings (SSSR count). The predicted octanol–water partition coefficient (Wildman–Crippen LogP) is 3.16. The molecule has 1 aromatic carbocycles. The van der Waals surface area contributed by atoms with E-state index in [1.807, 2.05) is 31.2 Å². The van der Waals surface area contributed by atoms with Gasteiger partial charge in [-0.2, -0.15) is 5.10 Å². The molecule has 1 saturated carbocycles. The summed E-state index contributed by atoms with van der Waals surface area (Å²) in [5.41, 5.74) is 2.52. The number of benzene rings is 1. The van der Waals surface area contributed by atoms with E-state index >= 15 is 0 Å². The number of hydrogen-bond donors (Lipinski definition) is 1. The van der Waals surface area contributed by atoms with Crippen LogP contribution in [0.2, 0.25) is 0 Å². The Morgan fingerprint density at radius 1 is 1.15 bits per heavy atom. The first-order chi connectivity index (χ1) is 12.4. The fourth-order valence-electron chi connectivity index (χ4n) is 3.61. The van der Waals surface area contributed by atoms with Crippen molar-refractivity contribution in [1.29, 1.82) is 0 Å². The van der Waals surface area contributed by atoms with Crippen LogP contribution in [-0.2, 0) is 11.3 Å². The highest BCUT2D eigenvalue weighted by Crippen LogP contribution is 2.29. The van der Waals surface area contributed by atoms with Gasteiger partial charge in [0.1, 0.15) is 6.54 Å². The second kappa shape index (κ2) is 7.85. The van der Waals surface area contributed by atoms with Crippen LogP contribution in [0.4, 0.5) is 0 Å². The number of hydrogen-bond acceptors (Lipinski definition) is 3. The van der Waals surface area contributed by atoms with Crippen molar-refractivity contribution < 1.29 is 4.79 Å². The average molecular weight is 353 g/mol. The first kappa shape index (κ1) is 18.4. The summed E-state index contributed by atoms with van der Waals surface area (Å²) in [5, 5.41) is 7.49. The van der Waals surface area contributed by atoms with Crippen molar-refractivity contribution in [3.8, 4) is 11.3 Å². The van der Waals surface area contributed by atoms with Crippen molar-refractivity contribution >= 4 is 5.91 Å². The normalized spacial score (nSPS) is 22.8. The van der Waals surface area contributed by atoms with Gasteiger partial charge in [-0.25, -0.2) is 4.68 Å². The second-order valence-corrected chi connectivity index (χ2v) is 7.52. The lowest BCUT2D eigenvalue weighted by molar-refractivity contribution is -0.123. The molecule has 1 amide bonds. The summed E-state index contributed by atoms with van der Waals surface area (Å²) in [4.78, 5) is 24.6. The molecular formula is C21H27N3O2. The number of amides is 1. The van der Waals surface area contributed by atoms with Crippen LogP contribution in [0.25, 0.3) is 11.3 Å². The van der Waals surface area contributed by atoms with E-state index in [4.69, 9.17) is 0 Å². The van der Waals surface area contributed by atoms with Gasteiger partial charge in [0.15, 0.2) is 0 Å². The highest BCUT2D eigenvalue weighted by molar-refractivity contribution is 5.76. The molecule has 3 atom stereocenters. The Morgan fingerprint density at radius 3 is 2.62 bits per heavy atom. The van der Waals surface area contributed by atoms with Gasteiger partial charge in [-0.05, 0) is 31.2 Å². The van der Waals surface area contributed by atoms with E-state index in [9.17, 15) is 9.59 Å². The van der Waals surface area contributed by atoms with Crippen molar-refractivity contribution in [1.82, 2.24) is 15.1 Å². The van der Waals surface area contributed by atoms with E-state index in [0.29, 0.717) is 17.5 Å². The maximum Gasteiger partial charge on any atom is 0.267 e. The third-order valence-corrected chi connectivity index (χ3v) is 5.56. The summed E-state index contributed by atoms with van der Waals surface area (Å²) in [6, 6.07) is 11.3. The highest BCUT2D eigenvalue weighted by atomic mass is 16.2. The Kier molecular flexibility index (Phi) is 5.55. The van der Waals surface area contributed by atoms with Crippen LogP contribution >= 0.6 is 0 Å². The predicted molar refractivity (Wildman–Crippen MR) is 103 cm³/mol. The molecule has 5 heteroatoms. The van der Waals surface area contributed by atoms with E-state index in [1.54, 1.807) is 6.07 Å². The standard InChI is InChI=1S/C21H27N3O2/c1-14-7-9-17(10-8-14)19-11-12-21(26)24(23-19)13-20(25)22-18-6-4-5-15(2)16(18)3/h7-12,15-16,18H,4-6,13H2,1-3H3,(H,22,25)/t15-,16+,18+/m0/s1. The van der Waals surface area contributed by atoms with Gasteiger partial charge in [-0.15, -0.1) is 0 Å². The summed E-state index contributed by atoms with van der Waals surface area (Å²) < 4.78 is 1.25. The molecule has 138 valence electrons. The van der Waals surface area contributed by atoms with Crippen LogP contribution in [0.1, 0.15) is 38.7 Å². The molecule has 2 aromatic rings. The van der Waals surface area contributed by atoms with Crippen LogP contribution in [0.3, 0.4) is 0 Å². The van der Waals surface area contributed by atoms with Crippen molar-refractivity contribution in [2.75, 3.05) is 0 Å². The molecular weight excluding hydrogens is 326 g/mol. The molecule has 1 aliphatic rings. The summed E-state index contributed by atoms with van der Waals surface area (Å²) in [5.74, 6) is 0.919. The molecule has 1 heterocycles. The van der Waals surface area contributed by atoms with E-state index in [-0.39, 0.29) is 24.1 Å². The lowest BCUT2D eigenvalue weighted by atomic mass is 9.78. The van der Waals surface area contributed by atoms with E-state index in [1.165, 1.54) is 17.2 Å². The quantitative estimate of drug-likeness (QED) is 0.918. The molecule has 0 aliphatic heterocycles. The first-order valence-corrected chi connectivity index (χ1v) is 9.38. The average Bonchev–Trinajstić information content (AvgIpc) is 2.62.